The molecular weight excluding hydrogens is 168 g/mol. The molecule has 0 aromatic rings. The van der Waals surface area contributed by atoms with Gasteiger partial charge in [-0.25, -0.2) is 0 Å². The number of rotatable bonds is 4. The summed E-state index contributed by atoms with van der Waals surface area (Å²) in [7, 11) is 0. The van der Waals surface area contributed by atoms with Crippen molar-refractivity contribution in [3.8, 4) is 0 Å². The SMILES string of the molecule is [CH2]C(Br)CCOCC. The molecule has 1 radical (unpaired) electrons. The summed E-state index contributed by atoms with van der Waals surface area (Å²) in [6, 6.07) is 0. The van der Waals surface area contributed by atoms with E-state index in [2.05, 4.69) is 22.9 Å². The van der Waals surface area contributed by atoms with Crippen LogP contribution in [0.5, 0.6) is 0 Å². The van der Waals surface area contributed by atoms with E-state index in [-0.39, 0.29) is 0 Å². The number of hydrogen-bond acceptors (Lipinski definition) is 1. The largest absolute Gasteiger partial charge is 0.382 e. The molecule has 2 heteroatoms. The molecule has 0 rings (SSSR count). The second-order valence-corrected chi connectivity index (χ2v) is 2.88. The molecule has 0 heterocycles. The van der Waals surface area contributed by atoms with E-state index >= 15 is 0 Å². The second-order valence-electron chi connectivity index (χ2n) is 1.58. The fraction of sp³-hybridized carbons (Fsp3) is 0.833. The Bertz CT molecular complexity index is 45.8. The molecule has 8 heavy (non-hydrogen) atoms. The molecule has 49 valence electrons. The monoisotopic (exact) mass is 179 g/mol. The van der Waals surface area contributed by atoms with Crippen LogP contribution in [0, 0.1) is 6.92 Å². The second kappa shape index (κ2) is 5.57. The highest BCUT2D eigenvalue weighted by Crippen LogP contribution is 2.01. The molecule has 0 N–H and O–H groups in total. The average molecular weight is 180 g/mol. The van der Waals surface area contributed by atoms with Gasteiger partial charge in [0.25, 0.3) is 0 Å². The van der Waals surface area contributed by atoms with E-state index in [1.165, 1.54) is 0 Å². The van der Waals surface area contributed by atoms with Crippen molar-refractivity contribution < 1.29 is 4.74 Å². The van der Waals surface area contributed by atoms with Gasteiger partial charge in [0.05, 0.1) is 0 Å². The van der Waals surface area contributed by atoms with Gasteiger partial charge in [-0.05, 0) is 20.3 Å². The summed E-state index contributed by atoms with van der Waals surface area (Å²) in [6.07, 6.45) is 0.994. The molecule has 0 aromatic heterocycles. The Hall–Kier alpha value is 0.440. The van der Waals surface area contributed by atoms with Gasteiger partial charge in [-0.3, -0.25) is 0 Å². The lowest BCUT2D eigenvalue weighted by Gasteiger charge is -2.00. The van der Waals surface area contributed by atoms with Gasteiger partial charge < -0.3 is 4.74 Å². The normalized spacial score (nSPS) is 13.9. The Labute approximate surface area is 59.5 Å². The molecule has 0 bridgehead atoms. The minimum Gasteiger partial charge on any atom is -0.382 e. The van der Waals surface area contributed by atoms with Crippen LogP contribution in [0.3, 0.4) is 0 Å². The van der Waals surface area contributed by atoms with E-state index in [1.54, 1.807) is 0 Å². The first-order valence-corrected chi connectivity index (χ1v) is 3.73. The Morgan fingerprint density at radius 3 is 2.75 bits per heavy atom. The molecule has 0 spiro atoms. The van der Waals surface area contributed by atoms with Crippen molar-refractivity contribution in [2.45, 2.75) is 18.2 Å². The number of hydrogen-bond donors (Lipinski definition) is 0. The Morgan fingerprint density at radius 1 is 1.75 bits per heavy atom. The van der Waals surface area contributed by atoms with Crippen molar-refractivity contribution in [2.24, 2.45) is 0 Å². The third-order valence-electron chi connectivity index (χ3n) is 0.780. The standard InChI is InChI=1S/C6H12BrO/c1-3-8-5-4-6(2)7/h6H,2-5H2,1H3. The fourth-order valence-corrected chi connectivity index (χ4v) is 0.542. The van der Waals surface area contributed by atoms with Crippen LogP contribution in [0.1, 0.15) is 13.3 Å². The lowest BCUT2D eigenvalue weighted by atomic mass is 10.4. The third kappa shape index (κ3) is 6.44. The maximum atomic E-state index is 5.07. The maximum absolute atomic E-state index is 5.07. The highest BCUT2D eigenvalue weighted by Gasteiger charge is 1.92. The Balaban J connectivity index is 2.72. The summed E-state index contributed by atoms with van der Waals surface area (Å²) in [6.45, 7) is 7.36. The zero-order valence-electron chi connectivity index (χ0n) is 5.19. The number of halogens is 1. The van der Waals surface area contributed by atoms with Crippen LogP contribution in [0.15, 0.2) is 0 Å². The number of alkyl halides is 1. The van der Waals surface area contributed by atoms with Crippen molar-refractivity contribution in [2.75, 3.05) is 13.2 Å². The van der Waals surface area contributed by atoms with E-state index in [0.717, 1.165) is 19.6 Å². The summed E-state index contributed by atoms with van der Waals surface area (Å²) in [4.78, 5) is 0.342. The van der Waals surface area contributed by atoms with Crippen molar-refractivity contribution in [1.29, 1.82) is 0 Å². The van der Waals surface area contributed by atoms with E-state index in [4.69, 9.17) is 4.74 Å². The first kappa shape index (κ1) is 8.44. The predicted molar refractivity (Wildman–Crippen MR) is 39.2 cm³/mol. The van der Waals surface area contributed by atoms with E-state index < -0.39 is 0 Å². The first-order valence-electron chi connectivity index (χ1n) is 2.82. The van der Waals surface area contributed by atoms with Crippen LogP contribution in [0.2, 0.25) is 0 Å². The lowest BCUT2D eigenvalue weighted by Crippen LogP contribution is -1.99. The number of ether oxygens (including phenoxy) is 1. The minimum atomic E-state index is 0.342. The smallest absolute Gasteiger partial charge is 0.0476 e. The van der Waals surface area contributed by atoms with Crippen LogP contribution in [0.4, 0.5) is 0 Å². The summed E-state index contributed by atoms with van der Waals surface area (Å²) < 4.78 is 5.07. The molecule has 0 amide bonds. The summed E-state index contributed by atoms with van der Waals surface area (Å²) in [5.41, 5.74) is 0. The Morgan fingerprint density at radius 2 is 2.38 bits per heavy atom. The van der Waals surface area contributed by atoms with Gasteiger partial charge >= 0.3 is 0 Å². The molecular formula is C6H12BrO. The fourth-order valence-electron chi connectivity index (χ4n) is 0.356. The van der Waals surface area contributed by atoms with Gasteiger partial charge in [-0.2, -0.15) is 0 Å². The van der Waals surface area contributed by atoms with Crippen LogP contribution < -0.4 is 0 Å². The van der Waals surface area contributed by atoms with Crippen molar-refractivity contribution in [3.05, 3.63) is 6.92 Å². The van der Waals surface area contributed by atoms with E-state index in [9.17, 15) is 0 Å². The maximum Gasteiger partial charge on any atom is 0.0476 e. The molecule has 1 unspecified atom stereocenters. The van der Waals surface area contributed by atoms with E-state index in [0.29, 0.717) is 4.83 Å². The minimum absolute atomic E-state index is 0.342. The molecule has 0 fully saturated rings. The van der Waals surface area contributed by atoms with Crippen LogP contribution >= 0.6 is 15.9 Å². The zero-order valence-corrected chi connectivity index (χ0v) is 6.78. The molecule has 0 saturated heterocycles. The van der Waals surface area contributed by atoms with Gasteiger partial charge in [-0.1, -0.05) is 15.9 Å². The molecule has 0 aliphatic heterocycles. The molecule has 0 aliphatic rings. The molecule has 0 aliphatic carbocycles. The lowest BCUT2D eigenvalue weighted by molar-refractivity contribution is 0.146. The van der Waals surface area contributed by atoms with Crippen molar-refractivity contribution >= 4 is 15.9 Å². The van der Waals surface area contributed by atoms with Gasteiger partial charge in [0.15, 0.2) is 0 Å². The summed E-state index contributed by atoms with van der Waals surface area (Å²) in [5, 5.41) is 0. The zero-order chi connectivity index (χ0) is 6.41. The average Bonchev–Trinajstić information content (AvgIpc) is 1.66. The highest BCUT2D eigenvalue weighted by molar-refractivity contribution is 9.09. The molecule has 0 saturated carbocycles. The van der Waals surface area contributed by atoms with Gasteiger partial charge in [0, 0.05) is 18.0 Å². The molecule has 1 nitrogen and oxygen atoms in total. The third-order valence-corrected chi connectivity index (χ3v) is 1.24. The van der Waals surface area contributed by atoms with Crippen LogP contribution in [-0.2, 0) is 4.74 Å². The van der Waals surface area contributed by atoms with Gasteiger partial charge in [-0.15, -0.1) is 0 Å². The highest BCUT2D eigenvalue weighted by atomic mass is 79.9. The van der Waals surface area contributed by atoms with E-state index in [1.807, 2.05) is 6.92 Å². The van der Waals surface area contributed by atoms with Gasteiger partial charge in [0.1, 0.15) is 0 Å². The van der Waals surface area contributed by atoms with Crippen molar-refractivity contribution in [3.63, 3.8) is 0 Å². The Kier molecular flexibility index (Phi) is 5.88. The van der Waals surface area contributed by atoms with Gasteiger partial charge in [0.2, 0.25) is 0 Å². The molecule has 0 aromatic carbocycles. The quantitative estimate of drug-likeness (QED) is 0.475. The topological polar surface area (TPSA) is 9.23 Å². The first-order chi connectivity index (χ1) is 3.77. The summed E-state index contributed by atoms with van der Waals surface area (Å²) >= 11 is 3.31. The van der Waals surface area contributed by atoms with Crippen molar-refractivity contribution in [1.82, 2.24) is 0 Å². The predicted octanol–water partition coefficient (Wildman–Crippen LogP) is 2.01. The summed E-state index contributed by atoms with van der Waals surface area (Å²) in [5.74, 6) is 0. The van der Waals surface area contributed by atoms with Crippen LogP contribution in [-0.4, -0.2) is 18.0 Å². The van der Waals surface area contributed by atoms with Crippen LogP contribution in [0.25, 0.3) is 0 Å². The molecule has 1 atom stereocenters.